The summed E-state index contributed by atoms with van der Waals surface area (Å²) in [6.45, 7) is 3.08. The number of carbonyl (C=O) groups is 1. The summed E-state index contributed by atoms with van der Waals surface area (Å²) >= 11 is 11.7. The molecule has 0 aliphatic heterocycles. The van der Waals surface area contributed by atoms with Gasteiger partial charge < -0.3 is 10.6 Å². The minimum atomic E-state index is -0.423. The second-order valence-corrected chi connectivity index (χ2v) is 4.32. The summed E-state index contributed by atoms with van der Waals surface area (Å²) in [5.74, 6) is 0. The van der Waals surface area contributed by atoms with E-state index in [2.05, 4.69) is 0 Å². The third-order valence-electron chi connectivity index (χ3n) is 2.16. The smallest absolute Gasteiger partial charge is 0.315 e. The normalized spacial score (nSPS) is 10.2. The fourth-order valence-corrected chi connectivity index (χ4v) is 1.72. The lowest BCUT2D eigenvalue weighted by molar-refractivity contribution is 0.205. The van der Waals surface area contributed by atoms with Gasteiger partial charge in [-0.25, -0.2) is 4.79 Å². The number of benzene rings is 1. The molecule has 16 heavy (non-hydrogen) atoms. The number of amides is 2. The lowest BCUT2D eigenvalue weighted by Crippen LogP contribution is -2.35. The Morgan fingerprint density at radius 2 is 2.06 bits per heavy atom. The molecule has 0 radical (unpaired) electrons. The highest BCUT2D eigenvalue weighted by atomic mass is 35.5. The Morgan fingerprint density at radius 3 is 2.56 bits per heavy atom. The Hall–Kier alpha value is -0.930. The molecule has 2 amide bonds. The Bertz CT molecular complexity index is 382. The van der Waals surface area contributed by atoms with Gasteiger partial charge in [0.15, 0.2) is 0 Å². The highest BCUT2D eigenvalue weighted by molar-refractivity contribution is 6.42. The van der Waals surface area contributed by atoms with Crippen molar-refractivity contribution < 1.29 is 4.79 Å². The average molecular weight is 261 g/mol. The fraction of sp³-hybridized carbons (Fsp3) is 0.364. The van der Waals surface area contributed by atoms with Gasteiger partial charge in [-0.2, -0.15) is 0 Å². The molecule has 1 aromatic rings. The molecule has 5 heteroatoms. The largest absolute Gasteiger partial charge is 0.351 e. The predicted octanol–water partition coefficient (Wildman–Crippen LogP) is 3.28. The van der Waals surface area contributed by atoms with Crippen molar-refractivity contribution in [1.29, 1.82) is 0 Å². The van der Waals surface area contributed by atoms with Crippen LogP contribution in [0.15, 0.2) is 18.2 Å². The van der Waals surface area contributed by atoms with Gasteiger partial charge in [0.05, 0.1) is 10.0 Å². The number of hydrogen-bond donors (Lipinski definition) is 1. The number of primary amides is 1. The fourth-order valence-electron chi connectivity index (χ4n) is 1.40. The summed E-state index contributed by atoms with van der Waals surface area (Å²) in [6, 6.07) is 4.87. The quantitative estimate of drug-likeness (QED) is 0.888. The summed E-state index contributed by atoms with van der Waals surface area (Å²) in [5.41, 5.74) is 6.18. The highest BCUT2D eigenvalue weighted by Gasteiger charge is 2.09. The maximum atomic E-state index is 11.1. The van der Waals surface area contributed by atoms with E-state index < -0.39 is 6.03 Å². The molecule has 0 saturated carbocycles. The van der Waals surface area contributed by atoms with Gasteiger partial charge in [0, 0.05) is 13.1 Å². The highest BCUT2D eigenvalue weighted by Crippen LogP contribution is 2.23. The van der Waals surface area contributed by atoms with Crippen molar-refractivity contribution in [3.63, 3.8) is 0 Å². The first kappa shape index (κ1) is 13.1. The van der Waals surface area contributed by atoms with Crippen molar-refractivity contribution in [2.75, 3.05) is 6.54 Å². The number of nitrogens with two attached hydrogens (primary N) is 1. The summed E-state index contributed by atoms with van der Waals surface area (Å²) in [4.78, 5) is 12.7. The van der Waals surface area contributed by atoms with Gasteiger partial charge in [0.25, 0.3) is 0 Å². The van der Waals surface area contributed by atoms with Gasteiger partial charge in [-0.05, 0) is 24.1 Å². The molecular weight excluding hydrogens is 247 g/mol. The molecule has 0 bridgehead atoms. The van der Waals surface area contributed by atoms with Crippen molar-refractivity contribution in [1.82, 2.24) is 4.90 Å². The first-order valence-electron chi connectivity index (χ1n) is 5.03. The molecule has 3 nitrogen and oxygen atoms in total. The molecule has 0 aliphatic carbocycles. The van der Waals surface area contributed by atoms with Gasteiger partial charge in [-0.15, -0.1) is 0 Å². The molecule has 0 spiro atoms. The van der Waals surface area contributed by atoms with Crippen LogP contribution >= 0.6 is 23.2 Å². The van der Waals surface area contributed by atoms with Gasteiger partial charge in [-0.1, -0.05) is 36.2 Å². The first-order valence-corrected chi connectivity index (χ1v) is 5.78. The maximum absolute atomic E-state index is 11.1. The molecule has 0 heterocycles. The van der Waals surface area contributed by atoms with E-state index in [9.17, 15) is 4.79 Å². The Labute approximate surface area is 105 Å². The van der Waals surface area contributed by atoms with Crippen LogP contribution in [-0.4, -0.2) is 17.5 Å². The van der Waals surface area contributed by atoms with Gasteiger partial charge >= 0.3 is 6.03 Å². The van der Waals surface area contributed by atoms with Crippen LogP contribution in [0.25, 0.3) is 0 Å². The number of urea groups is 1. The molecule has 0 saturated heterocycles. The monoisotopic (exact) mass is 260 g/mol. The summed E-state index contributed by atoms with van der Waals surface area (Å²) in [7, 11) is 0. The van der Waals surface area contributed by atoms with Crippen LogP contribution in [0.2, 0.25) is 10.0 Å². The van der Waals surface area contributed by atoms with E-state index >= 15 is 0 Å². The lowest BCUT2D eigenvalue weighted by Gasteiger charge is -2.19. The van der Waals surface area contributed by atoms with E-state index in [-0.39, 0.29) is 0 Å². The predicted molar refractivity (Wildman–Crippen MR) is 66.7 cm³/mol. The summed E-state index contributed by atoms with van der Waals surface area (Å²) in [5, 5.41) is 0.992. The van der Waals surface area contributed by atoms with Gasteiger partial charge in [-0.3, -0.25) is 0 Å². The Morgan fingerprint density at radius 1 is 1.38 bits per heavy atom. The van der Waals surface area contributed by atoms with Crippen LogP contribution in [0, 0.1) is 0 Å². The van der Waals surface area contributed by atoms with E-state index in [1.165, 1.54) is 0 Å². The van der Waals surface area contributed by atoms with E-state index in [4.69, 9.17) is 28.9 Å². The number of halogens is 2. The molecule has 0 atom stereocenters. The van der Waals surface area contributed by atoms with E-state index in [1.807, 2.05) is 13.0 Å². The molecule has 0 unspecified atom stereocenters. The van der Waals surface area contributed by atoms with Crippen LogP contribution in [0.5, 0.6) is 0 Å². The number of hydrogen-bond acceptors (Lipinski definition) is 1. The van der Waals surface area contributed by atoms with E-state index in [0.29, 0.717) is 23.1 Å². The van der Waals surface area contributed by atoms with Crippen LogP contribution in [0.3, 0.4) is 0 Å². The van der Waals surface area contributed by atoms with Crippen molar-refractivity contribution >= 4 is 29.2 Å². The van der Waals surface area contributed by atoms with Crippen molar-refractivity contribution in [2.45, 2.75) is 19.9 Å². The van der Waals surface area contributed by atoms with Crippen molar-refractivity contribution in [3.8, 4) is 0 Å². The zero-order valence-corrected chi connectivity index (χ0v) is 10.6. The molecule has 1 aromatic carbocycles. The first-order chi connectivity index (χ1) is 7.54. The molecule has 1 rings (SSSR count). The van der Waals surface area contributed by atoms with Crippen molar-refractivity contribution in [3.05, 3.63) is 33.8 Å². The summed E-state index contributed by atoms with van der Waals surface area (Å²) in [6.07, 6.45) is 0.865. The lowest BCUT2D eigenvalue weighted by atomic mass is 10.2. The summed E-state index contributed by atoms with van der Waals surface area (Å²) < 4.78 is 0. The molecular formula is C11H14Cl2N2O. The molecule has 2 N–H and O–H groups in total. The minimum absolute atomic E-state index is 0.423. The van der Waals surface area contributed by atoms with E-state index in [1.54, 1.807) is 17.0 Å². The van der Waals surface area contributed by atoms with Crippen LogP contribution < -0.4 is 5.73 Å². The van der Waals surface area contributed by atoms with Gasteiger partial charge in [0.1, 0.15) is 0 Å². The Kier molecular flexibility index (Phi) is 4.90. The third kappa shape index (κ3) is 3.58. The van der Waals surface area contributed by atoms with Crippen LogP contribution in [0.4, 0.5) is 4.79 Å². The molecule has 0 fully saturated rings. The van der Waals surface area contributed by atoms with Crippen molar-refractivity contribution in [2.24, 2.45) is 5.73 Å². The second-order valence-electron chi connectivity index (χ2n) is 3.51. The van der Waals surface area contributed by atoms with Crippen LogP contribution in [-0.2, 0) is 6.54 Å². The molecule has 88 valence electrons. The van der Waals surface area contributed by atoms with Gasteiger partial charge in [0.2, 0.25) is 0 Å². The standard InChI is InChI=1S/C11H14Cl2N2O/c1-2-5-15(11(14)16)7-8-3-4-9(12)10(13)6-8/h3-4,6H,2,5,7H2,1H3,(H2,14,16). The topological polar surface area (TPSA) is 46.3 Å². The zero-order chi connectivity index (χ0) is 12.1. The average Bonchev–Trinajstić information content (AvgIpc) is 2.22. The maximum Gasteiger partial charge on any atom is 0.315 e. The number of nitrogens with zero attached hydrogens (tertiary/aromatic N) is 1. The molecule has 0 aliphatic rings. The third-order valence-corrected chi connectivity index (χ3v) is 2.90. The Balaban J connectivity index is 2.77. The number of rotatable bonds is 4. The zero-order valence-electron chi connectivity index (χ0n) is 9.04. The molecule has 0 aromatic heterocycles. The second kappa shape index (κ2) is 5.97. The minimum Gasteiger partial charge on any atom is -0.351 e. The van der Waals surface area contributed by atoms with Crippen LogP contribution in [0.1, 0.15) is 18.9 Å². The van der Waals surface area contributed by atoms with E-state index in [0.717, 1.165) is 12.0 Å². The number of carbonyl (C=O) groups excluding carboxylic acids is 1. The SMILES string of the molecule is CCCN(Cc1ccc(Cl)c(Cl)c1)C(N)=O.